The van der Waals surface area contributed by atoms with Gasteiger partial charge in [-0.3, -0.25) is 9.59 Å². The normalized spacial score (nSPS) is 16.9. The van der Waals surface area contributed by atoms with Crippen molar-refractivity contribution in [3.63, 3.8) is 0 Å². The molecule has 98 valence electrons. The average Bonchev–Trinajstić information content (AvgIpc) is 2.32. The minimum absolute atomic E-state index is 0.0525. The molecule has 5 heteroatoms. The number of hydrogen-bond acceptors (Lipinski definition) is 4. The van der Waals surface area contributed by atoms with Crippen LogP contribution in [0.25, 0.3) is 0 Å². The van der Waals surface area contributed by atoms with Crippen molar-refractivity contribution in [2.24, 2.45) is 5.92 Å². The van der Waals surface area contributed by atoms with Crippen molar-refractivity contribution in [1.29, 1.82) is 0 Å². The second-order valence-electron chi connectivity index (χ2n) is 5.06. The largest absolute Gasteiger partial charge is 0.355 e. The van der Waals surface area contributed by atoms with Crippen LogP contribution < -0.4 is 10.5 Å². The van der Waals surface area contributed by atoms with Gasteiger partial charge in [0.25, 0.3) is 5.56 Å². The van der Waals surface area contributed by atoms with E-state index in [1.807, 2.05) is 0 Å². The van der Waals surface area contributed by atoms with E-state index < -0.39 is 0 Å². The molecular weight excluding hydrogens is 230 g/mol. The molecular formula is C13H19N3O2. The molecule has 0 bridgehead atoms. The van der Waals surface area contributed by atoms with Crippen LogP contribution in [-0.4, -0.2) is 28.7 Å². The topological polar surface area (TPSA) is 55.2 Å². The first kappa shape index (κ1) is 12.8. The number of carbonyl (C=O) groups is 1. The van der Waals surface area contributed by atoms with Gasteiger partial charge < -0.3 is 4.90 Å². The Morgan fingerprint density at radius 1 is 1.39 bits per heavy atom. The highest BCUT2D eigenvalue weighted by atomic mass is 16.1. The fourth-order valence-electron chi connectivity index (χ4n) is 2.17. The molecule has 0 spiro atoms. The Labute approximate surface area is 106 Å². The maximum absolute atomic E-state index is 11.6. The van der Waals surface area contributed by atoms with Crippen LogP contribution in [0.5, 0.6) is 0 Å². The molecule has 1 saturated heterocycles. The molecule has 1 aliphatic heterocycles. The first-order chi connectivity index (χ1) is 8.56. The first-order valence-electron chi connectivity index (χ1n) is 6.39. The van der Waals surface area contributed by atoms with Crippen molar-refractivity contribution in [1.82, 2.24) is 9.78 Å². The predicted molar refractivity (Wildman–Crippen MR) is 69.8 cm³/mol. The van der Waals surface area contributed by atoms with Gasteiger partial charge in [-0.25, -0.2) is 4.68 Å². The van der Waals surface area contributed by atoms with E-state index in [4.69, 9.17) is 0 Å². The number of Topliss-reactive ketones (excluding diaryl/α,β-unsaturated/α-hetero) is 1. The number of piperidine rings is 1. The number of carbonyl (C=O) groups excluding carboxylic acids is 1. The summed E-state index contributed by atoms with van der Waals surface area (Å²) in [7, 11) is 0. The van der Waals surface area contributed by atoms with E-state index in [2.05, 4.69) is 16.9 Å². The number of anilines is 1. The van der Waals surface area contributed by atoms with Gasteiger partial charge in [-0.1, -0.05) is 6.92 Å². The summed E-state index contributed by atoms with van der Waals surface area (Å²) < 4.78 is 1.25. The smallest absolute Gasteiger partial charge is 0.267 e. The molecule has 0 radical (unpaired) electrons. The molecule has 1 fully saturated rings. The van der Waals surface area contributed by atoms with E-state index in [-0.39, 0.29) is 17.9 Å². The van der Waals surface area contributed by atoms with Crippen molar-refractivity contribution in [3.05, 3.63) is 22.5 Å². The fourth-order valence-corrected chi connectivity index (χ4v) is 2.17. The molecule has 1 aliphatic rings. The van der Waals surface area contributed by atoms with Gasteiger partial charge in [0, 0.05) is 19.2 Å². The van der Waals surface area contributed by atoms with Crippen LogP contribution in [0.4, 0.5) is 5.82 Å². The summed E-state index contributed by atoms with van der Waals surface area (Å²) in [6, 6.07) is 3.23. The fraction of sp³-hybridized carbons (Fsp3) is 0.615. The Hall–Kier alpha value is -1.65. The third kappa shape index (κ3) is 2.97. The standard InChI is InChI=1S/C13H19N3O2/c1-10-5-7-15(8-6-10)12-3-4-13(18)16(14-12)9-11(2)17/h3-4,10H,5-9H2,1-2H3. The summed E-state index contributed by atoms with van der Waals surface area (Å²) >= 11 is 0. The first-order valence-corrected chi connectivity index (χ1v) is 6.39. The van der Waals surface area contributed by atoms with E-state index in [1.165, 1.54) is 17.7 Å². The molecule has 0 saturated carbocycles. The lowest BCUT2D eigenvalue weighted by molar-refractivity contribution is -0.117. The van der Waals surface area contributed by atoms with Crippen LogP contribution in [0.2, 0.25) is 0 Å². The number of ketones is 1. The third-order valence-electron chi connectivity index (χ3n) is 3.33. The second-order valence-corrected chi connectivity index (χ2v) is 5.06. The van der Waals surface area contributed by atoms with Crippen LogP contribution in [0, 0.1) is 5.92 Å². The van der Waals surface area contributed by atoms with Gasteiger partial charge in [0.2, 0.25) is 0 Å². The van der Waals surface area contributed by atoms with Gasteiger partial charge in [0.15, 0.2) is 5.78 Å². The van der Waals surface area contributed by atoms with Crippen LogP contribution in [0.15, 0.2) is 16.9 Å². The predicted octanol–water partition coefficient (Wildman–Crippen LogP) is 1.07. The van der Waals surface area contributed by atoms with Gasteiger partial charge in [-0.2, -0.15) is 5.10 Å². The summed E-state index contributed by atoms with van der Waals surface area (Å²) in [5.41, 5.74) is -0.223. The zero-order valence-electron chi connectivity index (χ0n) is 10.9. The van der Waals surface area contributed by atoms with E-state index >= 15 is 0 Å². The highest BCUT2D eigenvalue weighted by molar-refractivity contribution is 5.75. The Kier molecular flexibility index (Phi) is 3.79. The van der Waals surface area contributed by atoms with E-state index in [9.17, 15) is 9.59 Å². The third-order valence-corrected chi connectivity index (χ3v) is 3.33. The maximum atomic E-state index is 11.6. The second kappa shape index (κ2) is 5.33. The zero-order chi connectivity index (χ0) is 13.1. The molecule has 0 unspecified atom stereocenters. The van der Waals surface area contributed by atoms with Crippen molar-refractivity contribution in [2.45, 2.75) is 33.2 Å². The van der Waals surface area contributed by atoms with Gasteiger partial charge in [0.1, 0.15) is 12.4 Å². The van der Waals surface area contributed by atoms with E-state index in [0.717, 1.165) is 37.7 Å². The number of nitrogens with zero attached hydrogens (tertiary/aromatic N) is 3. The summed E-state index contributed by atoms with van der Waals surface area (Å²) in [6.07, 6.45) is 2.29. The van der Waals surface area contributed by atoms with Gasteiger partial charge in [-0.15, -0.1) is 0 Å². The van der Waals surface area contributed by atoms with Crippen molar-refractivity contribution >= 4 is 11.6 Å². The zero-order valence-corrected chi connectivity index (χ0v) is 10.9. The molecule has 1 aromatic heterocycles. The number of hydrogen-bond donors (Lipinski definition) is 0. The summed E-state index contributed by atoms with van der Waals surface area (Å²) in [4.78, 5) is 24.8. The Morgan fingerprint density at radius 3 is 2.67 bits per heavy atom. The summed E-state index contributed by atoms with van der Waals surface area (Å²) in [5.74, 6) is 1.49. The Morgan fingerprint density at radius 2 is 2.06 bits per heavy atom. The van der Waals surface area contributed by atoms with Gasteiger partial charge >= 0.3 is 0 Å². The molecule has 2 rings (SSSR count). The highest BCUT2D eigenvalue weighted by Gasteiger charge is 2.17. The SMILES string of the molecule is CC(=O)Cn1nc(N2CCC(C)CC2)ccc1=O. The molecule has 0 aliphatic carbocycles. The lowest BCUT2D eigenvalue weighted by Gasteiger charge is -2.31. The van der Waals surface area contributed by atoms with Crippen LogP contribution in [0.3, 0.4) is 0 Å². The van der Waals surface area contributed by atoms with Crippen molar-refractivity contribution < 1.29 is 4.79 Å². The van der Waals surface area contributed by atoms with Gasteiger partial charge in [-0.05, 0) is 31.7 Å². The minimum Gasteiger partial charge on any atom is -0.355 e. The van der Waals surface area contributed by atoms with E-state index in [0.29, 0.717) is 0 Å². The van der Waals surface area contributed by atoms with Crippen LogP contribution in [-0.2, 0) is 11.3 Å². The molecule has 5 nitrogen and oxygen atoms in total. The Balaban J connectivity index is 2.18. The van der Waals surface area contributed by atoms with Crippen LogP contribution >= 0.6 is 0 Å². The number of rotatable bonds is 3. The lowest BCUT2D eigenvalue weighted by Crippen LogP contribution is -2.35. The maximum Gasteiger partial charge on any atom is 0.267 e. The molecule has 2 heterocycles. The molecule has 0 aromatic carbocycles. The Bertz CT molecular complexity index is 487. The molecule has 0 atom stereocenters. The van der Waals surface area contributed by atoms with Crippen molar-refractivity contribution in [2.75, 3.05) is 18.0 Å². The monoisotopic (exact) mass is 249 g/mol. The summed E-state index contributed by atoms with van der Waals surface area (Å²) in [5, 5.41) is 4.27. The quantitative estimate of drug-likeness (QED) is 0.804. The number of aromatic nitrogens is 2. The average molecular weight is 249 g/mol. The van der Waals surface area contributed by atoms with Gasteiger partial charge in [0.05, 0.1) is 0 Å². The van der Waals surface area contributed by atoms with Crippen LogP contribution in [0.1, 0.15) is 26.7 Å². The van der Waals surface area contributed by atoms with Crippen molar-refractivity contribution in [3.8, 4) is 0 Å². The molecule has 0 amide bonds. The summed E-state index contributed by atoms with van der Waals surface area (Å²) in [6.45, 7) is 5.70. The van der Waals surface area contributed by atoms with E-state index in [1.54, 1.807) is 6.07 Å². The highest BCUT2D eigenvalue weighted by Crippen LogP contribution is 2.20. The minimum atomic E-state index is -0.223. The molecule has 1 aromatic rings. The molecule has 0 N–H and O–H groups in total. The lowest BCUT2D eigenvalue weighted by atomic mass is 9.99. The molecule has 18 heavy (non-hydrogen) atoms.